The fourth-order valence-electron chi connectivity index (χ4n) is 1.78. The molecule has 0 aromatic rings. The zero-order valence-corrected chi connectivity index (χ0v) is 13.5. The molecule has 2 atom stereocenters. The molecular weight excluding hydrogens is 246 g/mol. The van der Waals surface area contributed by atoms with Crippen LogP contribution >= 0.6 is 0 Å². The van der Waals surface area contributed by atoms with Gasteiger partial charge in [-0.05, 0) is 31.0 Å². The summed E-state index contributed by atoms with van der Waals surface area (Å²) in [5.74, 6) is 0. The highest BCUT2D eigenvalue weighted by atomic mass is 28.4. The molecule has 0 radical (unpaired) electrons. The largest absolute Gasteiger partial charge is 0.444 e. The minimum absolute atomic E-state index is 0.000477. The summed E-state index contributed by atoms with van der Waals surface area (Å²) in [7, 11) is -1.68. The number of hydrogen-bond acceptors (Lipinski definition) is 3. The van der Waals surface area contributed by atoms with Gasteiger partial charge in [0, 0.05) is 6.61 Å². The Morgan fingerprint density at radius 1 is 1.39 bits per heavy atom. The molecule has 1 aliphatic heterocycles. The topological polar surface area (TPSA) is 47.6 Å². The lowest BCUT2D eigenvalue weighted by Gasteiger charge is -2.36. The van der Waals surface area contributed by atoms with Crippen LogP contribution in [0.4, 0.5) is 4.79 Å². The first kappa shape index (κ1) is 15.5. The van der Waals surface area contributed by atoms with Gasteiger partial charge in [-0.15, -0.1) is 0 Å². The van der Waals surface area contributed by atoms with Gasteiger partial charge >= 0.3 is 6.09 Å². The van der Waals surface area contributed by atoms with E-state index in [-0.39, 0.29) is 23.3 Å². The highest BCUT2D eigenvalue weighted by Gasteiger charge is 2.38. The maximum Gasteiger partial charge on any atom is 0.407 e. The molecule has 0 aromatic carbocycles. The minimum atomic E-state index is -1.68. The van der Waals surface area contributed by atoms with E-state index in [0.29, 0.717) is 6.61 Å². The Morgan fingerprint density at radius 2 is 2.00 bits per heavy atom. The Hall–Kier alpha value is -0.553. The van der Waals surface area contributed by atoms with Crippen LogP contribution in [-0.2, 0) is 9.16 Å². The van der Waals surface area contributed by atoms with Crippen LogP contribution in [0.5, 0.6) is 0 Å². The summed E-state index contributed by atoms with van der Waals surface area (Å²) < 4.78 is 11.3. The molecule has 0 aliphatic carbocycles. The number of hydrogen-bond donors (Lipinski definition) is 1. The fourth-order valence-corrected chi connectivity index (χ4v) is 2.84. The van der Waals surface area contributed by atoms with Crippen LogP contribution in [0.25, 0.3) is 0 Å². The van der Waals surface area contributed by atoms with E-state index >= 15 is 0 Å². The second-order valence-electron chi connectivity index (χ2n) is 6.50. The summed E-state index contributed by atoms with van der Waals surface area (Å²) in [5, 5.41) is 3.08. The molecule has 18 heavy (non-hydrogen) atoms. The molecular formula is C13H27NO3Si. The molecule has 1 aliphatic rings. The first-order valence-corrected chi connectivity index (χ1v) is 9.69. The predicted molar refractivity (Wildman–Crippen MR) is 75.2 cm³/mol. The van der Waals surface area contributed by atoms with Crippen LogP contribution < -0.4 is 5.32 Å². The Labute approximate surface area is 112 Å². The lowest BCUT2D eigenvalue weighted by Crippen LogP contribution is -2.42. The zero-order valence-electron chi connectivity index (χ0n) is 12.5. The maximum atomic E-state index is 11.2. The van der Waals surface area contributed by atoms with Crippen molar-refractivity contribution >= 4 is 14.4 Å². The lowest BCUT2D eigenvalue weighted by atomic mass is 10.1. The maximum absolute atomic E-state index is 11.2. The van der Waals surface area contributed by atoms with Crippen molar-refractivity contribution in [2.75, 3.05) is 6.61 Å². The van der Waals surface area contributed by atoms with Gasteiger partial charge in [0.1, 0.15) is 6.10 Å². The number of carbonyl (C=O) groups is 1. The van der Waals surface area contributed by atoms with Crippen molar-refractivity contribution < 1.29 is 14.0 Å². The molecule has 0 bridgehead atoms. The molecule has 5 heteroatoms. The van der Waals surface area contributed by atoms with E-state index in [0.717, 1.165) is 12.8 Å². The van der Waals surface area contributed by atoms with E-state index in [2.05, 4.69) is 39.2 Å². The zero-order chi connectivity index (χ0) is 14.0. The Kier molecular flexibility index (Phi) is 4.83. The van der Waals surface area contributed by atoms with Gasteiger partial charge in [-0.2, -0.15) is 0 Å². The summed E-state index contributed by atoms with van der Waals surface area (Å²) in [5.41, 5.74) is 0. The molecule has 1 saturated heterocycles. The predicted octanol–water partition coefficient (Wildman–Crippen LogP) is 3.29. The number of cyclic esters (lactones) is 1. The van der Waals surface area contributed by atoms with Crippen LogP contribution in [0.3, 0.4) is 0 Å². The molecule has 0 aromatic heterocycles. The molecule has 106 valence electrons. The monoisotopic (exact) mass is 273 g/mol. The summed E-state index contributed by atoms with van der Waals surface area (Å²) in [6.07, 6.45) is 1.39. The third-order valence-electron chi connectivity index (χ3n) is 4.11. The van der Waals surface area contributed by atoms with Gasteiger partial charge in [-0.25, -0.2) is 4.79 Å². The molecule has 0 unspecified atom stereocenters. The summed E-state index contributed by atoms with van der Waals surface area (Å²) in [6, 6.07) is 0.104. The van der Waals surface area contributed by atoms with E-state index < -0.39 is 8.32 Å². The highest BCUT2D eigenvalue weighted by Crippen LogP contribution is 2.36. The Bertz CT molecular complexity index is 299. The number of ether oxygens (including phenoxy) is 1. The molecule has 1 rings (SSSR count). The van der Waals surface area contributed by atoms with Crippen molar-refractivity contribution in [1.82, 2.24) is 5.32 Å². The SMILES string of the molecule is CC[C@@H]1OC(=O)N[C@H]1CCO[Si](C)(C)C(C)(C)C. The summed E-state index contributed by atoms with van der Waals surface area (Å²) in [4.78, 5) is 11.2. The molecule has 1 amide bonds. The van der Waals surface area contributed by atoms with Crippen molar-refractivity contribution in [3.63, 3.8) is 0 Å². The van der Waals surface area contributed by atoms with Gasteiger partial charge in [-0.1, -0.05) is 27.7 Å². The van der Waals surface area contributed by atoms with Crippen LogP contribution in [0.1, 0.15) is 40.5 Å². The Balaban J connectivity index is 2.40. The van der Waals surface area contributed by atoms with Crippen LogP contribution in [0.2, 0.25) is 18.1 Å². The molecule has 4 nitrogen and oxygen atoms in total. The van der Waals surface area contributed by atoms with Crippen molar-refractivity contribution in [3.8, 4) is 0 Å². The van der Waals surface area contributed by atoms with Gasteiger partial charge in [0.25, 0.3) is 0 Å². The number of nitrogens with one attached hydrogen (secondary N) is 1. The normalized spacial score (nSPS) is 24.9. The van der Waals surface area contributed by atoms with Crippen molar-refractivity contribution in [2.45, 2.75) is 70.8 Å². The van der Waals surface area contributed by atoms with Gasteiger partial charge in [0.05, 0.1) is 6.04 Å². The van der Waals surface area contributed by atoms with E-state index in [9.17, 15) is 4.79 Å². The van der Waals surface area contributed by atoms with Gasteiger partial charge in [0.15, 0.2) is 8.32 Å². The van der Waals surface area contributed by atoms with E-state index in [1.807, 2.05) is 6.92 Å². The number of carbonyl (C=O) groups excluding carboxylic acids is 1. The second kappa shape index (κ2) is 5.61. The quantitative estimate of drug-likeness (QED) is 0.782. The van der Waals surface area contributed by atoms with E-state index in [1.165, 1.54) is 0 Å². The third-order valence-corrected chi connectivity index (χ3v) is 8.65. The van der Waals surface area contributed by atoms with Gasteiger partial charge in [-0.3, -0.25) is 0 Å². The lowest BCUT2D eigenvalue weighted by molar-refractivity contribution is 0.124. The smallest absolute Gasteiger partial charge is 0.407 e. The van der Waals surface area contributed by atoms with E-state index in [4.69, 9.17) is 9.16 Å². The number of amides is 1. The standard InChI is InChI=1S/C13H27NO3Si/c1-7-11-10(14-12(15)17-11)8-9-16-18(5,6)13(2,3)4/h10-11H,7-9H2,1-6H3,(H,14,15)/t10-,11-/m0/s1. The second-order valence-corrected chi connectivity index (χ2v) is 11.3. The molecule has 1 heterocycles. The van der Waals surface area contributed by atoms with E-state index in [1.54, 1.807) is 0 Å². The van der Waals surface area contributed by atoms with Crippen molar-refractivity contribution in [2.24, 2.45) is 0 Å². The molecule has 1 fully saturated rings. The third kappa shape index (κ3) is 3.72. The van der Waals surface area contributed by atoms with Crippen molar-refractivity contribution in [3.05, 3.63) is 0 Å². The first-order chi connectivity index (χ1) is 8.17. The molecule has 0 spiro atoms. The number of rotatable bonds is 5. The van der Waals surface area contributed by atoms with Crippen molar-refractivity contribution in [1.29, 1.82) is 0 Å². The molecule has 0 saturated carbocycles. The van der Waals surface area contributed by atoms with Crippen LogP contribution in [0.15, 0.2) is 0 Å². The van der Waals surface area contributed by atoms with Crippen LogP contribution in [0, 0.1) is 0 Å². The first-order valence-electron chi connectivity index (χ1n) is 6.78. The average Bonchev–Trinajstić information content (AvgIpc) is 2.57. The minimum Gasteiger partial charge on any atom is -0.444 e. The van der Waals surface area contributed by atoms with Crippen LogP contribution in [-0.4, -0.2) is 33.2 Å². The van der Waals surface area contributed by atoms with Gasteiger partial charge in [0.2, 0.25) is 0 Å². The average molecular weight is 273 g/mol. The summed E-state index contributed by atoms with van der Waals surface area (Å²) >= 11 is 0. The van der Waals surface area contributed by atoms with Gasteiger partial charge < -0.3 is 14.5 Å². The fraction of sp³-hybridized carbons (Fsp3) is 0.923. The molecule has 1 N–H and O–H groups in total. The summed E-state index contributed by atoms with van der Waals surface area (Å²) in [6.45, 7) is 13.9. The number of alkyl carbamates (subject to hydrolysis) is 1. The highest BCUT2D eigenvalue weighted by molar-refractivity contribution is 6.74. The Morgan fingerprint density at radius 3 is 2.50 bits per heavy atom.